The molecular weight excluding hydrogens is 361 g/mol. The van der Waals surface area contributed by atoms with Crippen molar-refractivity contribution in [3.8, 4) is 28.6 Å². The molecule has 6 nitrogen and oxygen atoms in total. The van der Waals surface area contributed by atoms with Gasteiger partial charge in [-0.25, -0.2) is 4.39 Å². The minimum Gasteiger partial charge on any atom is -0.506 e. The summed E-state index contributed by atoms with van der Waals surface area (Å²) < 4.78 is 20.3. The van der Waals surface area contributed by atoms with Crippen LogP contribution in [0.5, 0.6) is 5.75 Å². The summed E-state index contributed by atoms with van der Waals surface area (Å²) in [6.45, 7) is 4.13. The number of pyridine rings is 1. The molecule has 4 aromatic rings. The van der Waals surface area contributed by atoms with Crippen molar-refractivity contribution >= 4 is 10.9 Å². The summed E-state index contributed by atoms with van der Waals surface area (Å²) in [5.74, 6) is -0.553. The summed E-state index contributed by atoms with van der Waals surface area (Å²) in [5, 5.41) is 15.0. The van der Waals surface area contributed by atoms with Crippen LogP contribution >= 0.6 is 0 Å². The molecule has 0 bridgehead atoms. The van der Waals surface area contributed by atoms with E-state index < -0.39 is 11.4 Å². The maximum atomic E-state index is 13.6. The number of aryl methyl sites for hydroxylation is 2. The number of hydrogen-bond donors (Lipinski definition) is 1. The highest BCUT2D eigenvalue weighted by atomic mass is 19.1. The van der Waals surface area contributed by atoms with E-state index in [1.54, 1.807) is 6.92 Å². The van der Waals surface area contributed by atoms with Gasteiger partial charge in [0, 0.05) is 17.5 Å². The molecule has 0 radical (unpaired) electrons. The van der Waals surface area contributed by atoms with Gasteiger partial charge in [0.2, 0.25) is 5.82 Å². The Morgan fingerprint density at radius 2 is 1.89 bits per heavy atom. The van der Waals surface area contributed by atoms with Crippen molar-refractivity contribution in [3.63, 3.8) is 0 Å². The van der Waals surface area contributed by atoms with E-state index in [9.17, 15) is 14.3 Å². The quantitative estimate of drug-likeness (QED) is 0.576. The van der Waals surface area contributed by atoms with Crippen LogP contribution in [0.25, 0.3) is 33.7 Å². The lowest BCUT2D eigenvalue weighted by atomic mass is 10.1. The number of aromatic nitrogens is 3. The third kappa shape index (κ3) is 2.85. The monoisotopic (exact) mass is 379 g/mol. The Kier molecular flexibility index (Phi) is 4.43. The zero-order valence-electron chi connectivity index (χ0n) is 15.4. The molecule has 4 rings (SSSR count). The molecule has 142 valence electrons. The van der Waals surface area contributed by atoms with Crippen LogP contribution in [-0.2, 0) is 13.0 Å². The molecule has 0 saturated heterocycles. The van der Waals surface area contributed by atoms with Crippen molar-refractivity contribution in [2.75, 3.05) is 0 Å². The smallest absolute Gasteiger partial charge is 0.267 e. The average molecular weight is 379 g/mol. The average Bonchev–Trinajstić information content (AvgIpc) is 3.18. The first-order valence-electron chi connectivity index (χ1n) is 9.01. The second-order valence-electron chi connectivity index (χ2n) is 6.41. The molecule has 0 aliphatic carbocycles. The van der Waals surface area contributed by atoms with Crippen LogP contribution < -0.4 is 5.56 Å². The molecule has 7 heteroatoms. The Balaban J connectivity index is 1.89. The first-order chi connectivity index (χ1) is 13.5. The molecule has 0 aliphatic heterocycles. The van der Waals surface area contributed by atoms with Crippen LogP contribution in [-0.4, -0.2) is 19.8 Å². The van der Waals surface area contributed by atoms with Gasteiger partial charge in [0.1, 0.15) is 17.1 Å². The minimum atomic E-state index is -0.519. The highest BCUT2D eigenvalue weighted by Gasteiger charge is 2.23. The van der Waals surface area contributed by atoms with Crippen molar-refractivity contribution in [3.05, 3.63) is 64.2 Å². The molecule has 2 aromatic heterocycles. The Hall–Kier alpha value is -3.48. The van der Waals surface area contributed by atoms with E-state index in [1.807, 2.05) is 24.3 Å². The van der Waals surface area contributed by atoms with E-state index in [-0.39, 0.29) is 17.2 Å². The molecular formula is C21H18FN3O3. The molecule has 0 amide bonds. The fraction of sp³-hybridized carbons (Fsp3) is 0.190. The third-order valence-electron chi connectivity index (χ3n) is 4.78. The zero-order valence-corrected chi connectivity index (χ0v) is 15.4. The second-order valence-corrected chi connectivity index (χ2v) is 6.41. The number of hydrogen-bond acceptors (Lipinski definition) is 5. The fourth-order valence-corrected chi connectivity index (χ4v) is 3.25. The van der Waals surface area contributed by atoms with Crippen LogP contribution in [0.15, 0.2) is 51.8 Å². The Labute approximate surface area is 159 Å². The highest BCUT2D eigenvalue weighted by Crippen LogP contribution is 2.33. The molecule has 0 unspecified atom stereocenters. The van der Waals surface area contributed by atoms with Gasteiger partial charge in [-0.3, -0.25) is 4.79 Å². The van der Waals surface area contributed by atoms with Gasteiger partial charge in [-0.05, 0) is 37.1 Å². The topological polar surface area (TPSA) is 81.2 Å². The maximum Gasteiger partial charge on any atom is 0.267 e. The largest absolute Gasteiger partial charge is 0.506 e. The molecule has 0 atom stereocenters. The van der Waals surface area contributed by atoms with Gasteiger partial charge in [0.05, 0.1) is 5.52 Å². The highest BCUT2D eigenvalue weighted by molar-refractivity contribution is 5.91. The van der Waals surface area contributed by atoms with Crippen molar-refractivity contribution in [2.45, 2.75) is 26.8 Å². The third-order valence-corrected chi connectivity index (χ3v) is 4.78. The minimum absolute atomic E-state index is 0.0782. The number of fused-ring (bicyclic) bond motifs is 1. The maximum absolute atomic E-state index is 13.6. The molecule has 0 fully saturated rings. The predicted molar refractivity (Wildman–Crippen MR) is 104 cm³/mol. The van der Waals surface area contributed by atoms with Crippen LogP contribution in [0.1, 0.15) is 19.4 Å². The summed E-state index contributed by atoms with van der Waals surface area (Å²) in [4.78, 5) is 17.2. The Bertz CT molecular complexity index is 1230. The van der Waals surface area contributed by atoms with Crippen LogP contribution in [0.3, 0.4) is 0 Å². The van der Waals surface area contributed by atoms with Crippen molar-refractivity contribution in [1.29, 1.82) is 0 Å². The first-order valence-corrected chi connectivity index (χ1v) is 9.01. The van der Waals surface area contributed by atoms with E-state index >= 15 is 0 Å². The van der Waals surface area contributed by atoms with Crippen molar-refractivity contribution < 1.29 is 14.0 Å². The molecule has 28 heavy (non-hydrogen) atoms. The van der Waals surface area contributed by atoms with Gasteiger partial charge >= 0.3 is 0 Å². The lowest BCUT2D eigenvalue weighted by Crippen LogP contribution is -2.21. The van der Waals surface area contributed by atoms with Gasteiger partial charge in [0.15, 0.2) is 0 Å². The van der Waals surface area contributed by atoms with Gasteiger partial charge < -0.3 is 14.2 Å². The molecule has 0 spiro atoms. The predicted octanol–water partition coefficient (Wildman–Crippen LogP) is 4.15. The molecule has 2 heterocycles. The molecule has 2 aromatic carbocycles. The Morgan fingerprint density at radius 3 is 2.57 bits per heavy atom. The van der Waals surface area contributed by atoms with Crippen LogP contribution in [0.2, 0.25) is 0 Å². The van der Waals surface area contributed by atoms with Crippen molar-refractivity contribution in [1.82, 2.24) is 14.7 Å². The molecule has 1 N–H and O–H groups in total. The SMILES string of the molecule is CCc1ccc(-c2noc(-c3c(O)c4ccc(F)cc4n(CC)c3=O)n2)cc1. The van der Waals surface area contributed by atoms with E-state index in [0.29, 0.717) is 23.3 Å². The van der Waals surface area contributed by atoms with Gasteiger partial charge in [-0.1, -0.05) is 36.3 Å². The summed E-state index contributed by atoms with van der Waals surface area (Å²) in [5.41, 5.74) is 1.62. The fourth-order valence-electron chi connectivity index (χ4n) is 3.25. The van der Waals surface area contributed by atoms with E-state index in [0.717, 1.165) is 12.0 Å². The van der Waals surface area contributed by atoms with E-state index in [1.165, 1.54) is 28.3 Å². The van der Waals surface area contributed by atoms with Crippen LogP contribution in [0.4, 0.5) is 4.39 Å². The van der Waals surface area contributed by atoms with Crippen LogP contribution in [0, 0.1) is 5.82 Å². The first kappa shape index (κ1) is 17.9. The van der Waals surface area contributed by atoms with E-state index in [2.05, 4.69) is 17.1 Å². The van der Waals surface area contributed by atoms with Gasteiger partial charge in [0.25, 0.3) is 11.4 Å². The number of aromatic hydroxyl groups is 1. The summed E-state index contributed by atoms with van der Waals surface area (Å²) >= 11 is 0. The van der Waals surface area contributed by atoms with Gasteiger partial charge in [-0.15, -0.1) is 0 Å². The van der Waals surface area contributed by atoms with Crippen molar-refractivity contribution in [2.24, 2.45) is 0 Å². The lowest BCUT2D eigenvalue weighted by molar-refractivity contribution is 0.425. The number of benzene rings is 2. The summed E-state index contributed by atoms with van der Waals surface area (Å²) in [7, 11) is 0. The summed E-state index contributed by atoms with van der Waals surface area (Å²) in [6, 6.07) is 11.6. The normalized spacial score (nSPS) is 11.2. The second kappa shape index (κ2) is 6.92. The van der Waals surface area contributed by atoms with Gasteiger partial charge in [-0.2, -0.15) is 4.98 Å². The zero-order chi connectivity index (χ0) is 19.8. The standard InChI is InChI=1S/C21H18FN3O3/c1-3-12-5-7-13(8-6-12)19-23-20(28-24-19)17-18(26)15-10-9-14(22)11-16(15)25(4-2)21(17)27/h5-11,26H,3-4H2,1-2H3. The number of halogens is 1. The molecule has 0 aliphatic rings. The van der Waals surface area contributed by atoms with E-state index in [4.69, 9.17) is 4.52 Å². The number of nitrogens with zero attached hydrogens (tertiary/aromatic N) is 3. The molecule has 0 saturated carbocycles. The Morgan fingerprint density at radius 1 is 1.14 bits per heavy atom. The summed E-state index contributed by atoms with van der Waals surface area (Å²) in [6.07, 6.45) is 0.917. The lowest BCUT2D eigenvalue weighted by Gasteiger charge is -2.11. The number of rotatable bonds is 4.